The van der Waals surface area contributed by atoms with Gasteiger partial charge in [0.25, 0.3) is 5.91 Å². The Kier molecular flexibility index (Phi) is 6.24. The van der Waals surface area contributed by atoms with Crippen LogP contribution in [0.5, 0.6) is 5.75 Å². The number of nitrogens with zero attached hydrogens (tertiary/aromatic N) is 2. The molecule has 0 radical (unpaired) electrons. The van der Waals surface area contributed by atoms with E-state index in [1.807, 2.05) is 4.90 Å². The molecule has 144 valence electrons. The smallest absolute Gasteiger partial charge is 0.274 e. The molecule has 1 N–H and O–H groups in total. The Hall–Kier alpha value is -2.67. The number of ketones is 1. The largest absolute Gasteiger partial charge is 0.487 e. The van der Waals surface area contributed by atoms with E-state index in [0.29, 0.717) is 29.3 Å². The number of methoxy groups -OCH3 is 1. The van der Waals surface area contributed by atoms with Gasteiger partial charge in [0, 0.05) is 19.2 Å². The number of aromatic amines is 1. The van der Waals surface area contributed by atoms with Crippen molar-refractivity contribution < 1.29 is 19.1 Å². The van der Waals surface area contributed by atoms with E-state index in [-0.39, 0.29) is 24.3 Å². The van der Waals surface area contributed by atoms with Crippen LogP contribution in [0.3, 0.4) is 0 Å². The first kappa shape index (κ1) is 19.1. The third-order valence-electron chi connectivity index (χ3n) is 4.73. The van der Waals surface area contributed by atoms with E-state index in [1.54, 1.807) is 37.4 Å². The summed E-state index contributed by atoms with van der Waals surface area (Å²) in [4.78, 5) is 26.1. The van der Waals surface area contributed by atoms with Crippen LogP contribution in [0.1, 0.15) is 52.7 Å². The zero-order valence-corrected chi connectivity index (χ0v) is 15.7. The summed E-state index contributed by atoms with van der Waals surface area (Å²) in [6.45, 7) is 3.02. The number of rotatable bonds is 7. The molecule has 2 aromatic rings. The zero-order chi connectivity index (χ0) is 19.2. The normalized spacial score (nSPS) is 17.0. The van der Waals surface area contributed by atoms with Crippen LogP contribution in [0, 0.1) is 0 Å². The summed E-state index contributed by atoms with van der Waals surface area (Å²) in [7, 11) is 1.66. The molecule has 1 fully saturated rings. The van der Waals surface area contributed by atoms with Crippen molar-refractivity contribution in [3.05, 3.63) is 47.3 Å². The van der Waals surface area contributed by atoms with Crippen molar-refractivity contribution in [1.29, 1.82) is 0 Å². The second kappa shape index (κ2) is 8.81. The van der Waals surface area contributed by atoms with E-state index in [2.05, 4.69) is 10.2 Å². The van der Waals surface area contributed by atoms with Gasteiger partial charge in [-0.2, -0.15) is 5.10 Å². The molecule has 1 atom stereocenters. The molecule has 1 amide bonds. The van der Waals surface area contributed by atoms with Gasteiger partial charge >= 0.3 is 0 Å². The number of Topliss-reactive ketones (excluding diaryl/α,β-unsaturated/α-hetero) is 1. The fourth-order valence-corrected chi connectivity index (χ4v) is 3.29. The lowest BCUT2D eigenvalue weighted by molar-refractivity contribution is 0.0423. The number of H-pyrrole nitrogens is 1. The first-order valence-corrected chi connectivity index (χ1v) is 9.16. The Morgan fingerprint density at radius 1 is 1.30 bits per heavy atom. The highest BCUT2D eigenvalue weighted by Crippen LogP contribution is 2.20. The number of nitrogens with one attached hydrogen (secondary N) is 1. The first-order valence-electron chi connectivity index (χ1n) is 9.16. The van der Waals surface area contributed by atoms with Gasteiger partial charge in [-0.15, -0.1) is 0 Å². The van der Waals surface area contributed by atoms with Crippen LogP contribution < -0.4 is 4.74 Å². The summed E-state index contributed by atoms with van der Waals surface area (Å²) in [6, 6.07) is 8.83. The van der Waals surface area contributed by atoms with Crippen molar-refractivity contribution in [2.24, 2.45) is 0 Å². The molecule has 3 rings (SSSR count). The molecule has 0 aliphatic carbocycles. The van der Waals surface area contributed by atoms with Crippen LogP contribution >= 0.6 is 0 Å². The molecule has 1 saturated heterocycles. The van der Waals surface area contributed by atoms with Crippen molar-refractivity contribution >= 4 is 11.7 Å². The monoisotopic (exact) mass is 371 g/mol. The molecule has 1 aliphatic rings. The lowest BCUT2D eigenvalue weighted by Gasteiger charge is -2.34. The average molecular weight is 371 g/mol. The van der Waals surface area contributed by atoms with E-state index < -0.39 is 0 Å². The molecule has 0 spiro atoms. The summed E-state index contributed by atoms with van der Waals surface area (Å²) in [5.74, 6) is 0.501. The van der Waals surface area contributed by atoms with Gasteiger partial charge in [-0.05, 0) is 44.4 Å². The third kappa shape index (κ3) is 4.74. The van der Waals surface area contributed by atoms with E-state index in [0.717, 1.165) is 25.8 Å². The molecule has 1 aromatic heterocycles. The average Bonchev–Trinajstić information content (AvgIpc) is 3.16. The number of carbonyl (C=O) groups excluding carboxylic acids is 2. The summed E-state index contributed by atoms with van der Waals surface area (Å²) in [6.07, 6.45) is 3.06. The van der Waals surface area contributed by atoms with E-state index in [9.17, 15) is 9.59 Å². The molecule has 0 saturated carbocycles. The van der Waals surface area contributed by atoms with Crippen LogP contribution in [-0.2, 0) is 11.3 Å². The minimum atomic E-state index is -0.0853. The SMILES string of the molecule is COCC1CCCCN1C(=O)c1cc(COc2cccc(C(C)=O)c2)[nH]n1. The highest BCUT2D eigenvalue weighted by atomic mass is 16.5. The van der Waals surface area contributed by atoms with Crippen molar-refractivity contribution in [1.82, 2.24) is 15.1 Å². The van der Waals surface area contributed by atoms with E-state index in [4.69, 9.17) is 9.47 Å². The minimum Gasteiger partial charge on any atom is -0.487 e. The summed E-state index contributed by atoms with van der Waals surface area (Å²) in [5.41, 5.74) is 1.68. The van der Waals surface area contributed by atoms with Crippen molar-refractivity contribution in [2.75, 3.05) is 20.3 Å². The van der Waals surface area contributed by atoms with Crippen molar-refractivity contribution in [3.63, 3.8) is 0 Å². The summed E-state index contributed by atoms with van der Waals surface area (Å²) in [5, 5.41) is 7.01. The molecule has 7 nitrogen and oxygen atoms in total. The molecular weight excluding hydrogens is 346 g/mol. The lowest BCUT2D eigenvalue weighted by Crippen LogP contribution is -2.46. The fraction of sp³-hybridized carbons (Fsp3) is 0.450. The Morgan fingerprint density at radius 2 is 2.15 bits per heavy atom. The maximum atomic E-state index is 12.8. The Balaban J connectivity index is 1.63. The van der Waals surface area contributed by atoms with Gasteiger partial charge < -0.3 is 14.4 Å². The van der Waals surface area contributed by atoms with Gasteiger partial charge in [0.1, 0.15) is 12.4 Å². The Bertz CT molecular complexity index is 800. The Labute approximate surface area is 158 Å². The number of hydrogen-bond donors (Lipinski definition) is 1. The topological polar surface area (TPSA) is 84.5 Å². The summed E-state index contributed by atoms with van der Waals surface area (Å²) >= 11 is 0. The minimum absolute atomic E-state index is 0.0120. The van der Waals surface area contributed by atoms with E-state index in [1.165, 1.54) is 6.92 Å². The molecular formula is C20H25N3O4. The predicted octanol–water partition coefficient (Wildman–Crippen LogP) is 2.83. The van der Waals surface area contributed by atoms with Gasteiger partial charge in [-0.1, -0.05) is 12.1 Å². The number of piperidine rings is 1. The highest BCUT2D eigenvalue weighted by Gasteiger charge is 2.28. The summed E-state index contributed by atoms with van der Waals surface area (Å²) < 4.78 is 11.0. The lowest BCUT2D eigenvalue weighted by atomic mass is 10.0. The molecule has 1 aliphatic heterocycles. The number of aromatic nitrogens is 2. The number of benzene rings is 1. The fourth-order valence-electron chi connectivity index (χ4n) is 3.29. The zero-order valence-electron chi connectivity index (χ0n) is 15.7. The number of carbonyl (C=O) groups is 2. The molecule has 7 heteroatoms. The maximum absolute atomic E-state index is 12.8. The number of amides is 1. The highest BCUT2D eigenvalue weighted by molar-refractivity contribution is 5.94. The van der Waals surface area contributed by atoms with Crippen LogP contribution in [0.2, 0.25) is 0 Å². The second-order valence-corrected chi connectivity index (χ2v) is 6.75. The third-order valence-corrected chi connectivity index (χ3v) is 4.73. The van der Waals surface area contributed by atoms with E-state index >= 15 is 0 Å². The van der Waals surface area contributed by atoms with Gasteiger partial charge in [-0.3, -0.25) is 14.7 Å². The number of ether oxygens (including phenoxy) is 2. The van der Waals surface area contributed by atoms with Gasteiger partial charge in [0.15, 0.2) is 11.5 Å². The predicted molar refractivity (Wildman–Crippen MR) is 99.9 cm³/mol. The quantitative estimate of drug-likeness (QED) is 0.757. The van der Waals surface area contributed by atoms with Crippen molar-refractivity contribution in [2.45, 2.75) is 38.8 Å². The molecule has 2 heterocycles. The van der Waals surface area contributed by atoms with Gasteiger partial charge in [0.05, 0.1) is 18.3 Å². The van der Waals surface area contributed by atoms with Gasteiger partial charge in [-0.25, -0.2) is 0 Å². The molecule has 1 aromatic carbocycles. The van der Waals surface area contributed by atoms with Crippen molar-refractivity contribution in [3.8, 4) is 5.75 Å². The standard InChI is InChI=1S/C20H25N3O4/c1-14(24)15-6-5-8-18(10-15)27-12-16-11-19(22-21-16)20(25)23-9-4-3-7-17(23)13-26-2/h5-6,8,10-11,17H,3-4,7,9,12-13H2,1-2H3,(H,21,22). The molecule has 27 heavy (non-hydrogen) atoms. The van der Waals surface area contributed by atoms with Crippen LogP contribution in [-0.4, -0.2) is 53.1 Å². The van der Waals surface area contributed by atoms with Gasteiger partial charge in [0.2, 0.25) is 0 Å². The maximum Gasteiger partial charge on any atom is 0.274 e. The Morgan fingerprint density at radius 3 is 2.93 bits per heavy atom. The first-order chi connectivity index (χ1) is 13.1. The second-order valence-electron chi connectivity index (χ2n) is 6.75. The van der Waals surface area contributed by atoms with Crippen LogP contribution in [0.15, 0.2) is 30.3 Å². The van der Waals surface area contributed by atoms with Crippen LogP contribution in [0.4, 0.5) is 0 Å². The molecule has 0 bridgehead atoms. The molecule has 1 unspecified atom stereocenters. The number of hydrogen-bond acceptors (Lipinski definition) is 5. The van der Waals surface area contributed by atoms with Crippen LogP contribution in [0.25, 0.3) is 0 Å². The number of likely N-dealkylation sites (tertiary alicyclic amines) is 1.